The molecule has 0 radical (unpaired) electrons. The summed E-state index contributed by atoms with van der Waals surface area (Å²) < 4.78 is 0. The van der Waals surface area contributed by atoms with E-state index in [-0.39, 0.29) is 11.3 Å². The molecule has 2 amide bonds. The van der Waals surface area contributed by atoms with Gasteiger partial charge in [-0.25, -0.2) is 0 Å². The van der Waals surface area contributed by atoms with Gasteiger partial charge in [-0.1, -0.05) is 48.0 Å². The van der Waals surface area contributed by atoms with Crippen LogP contribution >= 0.6 is 11.3 Å². The second kappa shape index (κ2) is 6.51. The molecule has 0 unspecified atom stereocenters. The van der Waals surface area contributed by atoms with E-state index in [2.05, 4.69) is 26.1 Å². The first-order valence-electron chi connectivity index (χ1n) is 8.73. The molecule has 24 heavy (non-hydrogen) atoms. The average Bonchev–Trinajstić information content (AvgIpc) is 2.83. The van der Waals surface area contributed by atoms with Crippen molar-refractivity contribution in [2.24, 2.45) is 22.5 Å². The molecule has 1 aliphatic rings. The van der Waals surface area contributed by atoms with Gasteiger partial charge >= 0.3 is 0 Å². The van der Waals surface area contributed by atoms with Crippen molar-refractivity contribution in [1.82, 2.24) is 0 Å². The van der Waals surface area contributed by atoms with Gasteiger partial charge in [0.2, 0.25) is 5.91 Å². The Kier molecular flexibility index (Phi) is 5.14. The number of fused-ring (bicyclic) bond motifs is 1. The Morgan fingerprint density at radius 1 is 1.25 bits per heavy atom. The number of thiophene rings is 1. The minimum Gasteiger partial charge on any atom is -0.365 e. The molecule has 1 atom stereocenters. The highest BCUT2D eigenvalue weighted by molar-refractivity contribution is 7.17. The minimum absolute atomic E-state index is 0.0889. The highest BCUT2D eigenvalue weighted by atomic mass is 32.1. The molecule has 1 heterocycles. The number of carbonyl (C=O) groups excluding carboxylic acids is 2. The number of anilines is 1. The number of rotatable bonds is 4. The van der Waals surface area contributed by atoms with Gasteiger partial charge in [0.05, 0.1) is 5.56 Å². The molecule has 0 aliphatic heterocycles. The number of amides is 2. The van der Waals surface area contributed by atoms with Gasteiger partial charge in [-0.2, -0.15) is 0 Å². The summed E-state index contributed by atoms with van der Waals surface area (Å²) in [7, 11) is 0. The highest BCUT2D eigenvalue weighted by Crippen LogP contribution is 2.45. The van der Waals surface area contributed by atoms with Crippen LogP contribution in [0.15, 0.2) is 0 Å². The lowest BCUT2D eigenvalue weighted by Gasteiger charge is -2.36. The van der Waals surface area contributed by atoms with Gasteiger partial charge in [-0.05, 0) is 36.2 Å². The quantitative estimate of drug-likeness (QED) is 0.846. The van der Waals surface area contributed by atoms with Crippen molar-refractivity contribution in [3.8, 4) is 0 Å². The van der Waals surface area contributed by atoms with E-state index in [9.17, 15) is 9.59 Å². The fraction of sp³-hybridized carbons (Fsp3) is 0.684. The lowest BCUT2D eigenvalue weighted by atomic mass is 9.69. The van der Waals surface area contributed by atoms with Crippen LogP contribution in [0.3, 0.4) is 0 Å². The number of primary amides is 1. The number of nitrogens with one attached hydrogen (secondary N) is 1. The fourth-order valence-corrected chi connectivity index (χ4v) is 4.51. The third-order valence-corrected chi connectivity index (χ3v) is 6.61. The summed E-state index contributed by atoms with van der Waals surface area (Å²) in [5.41, 5.74) is 6.99. The summed E-state index contributed by atoms with van der Waals surface area (Å²) in [5.74, 6) is 0.0690. The highest BCUT2D eigenvalue weighted by Gasteiger charge is 2.35. The predicted octanol–water partition coefficient (Wildman–Crippen LogP) is 4.37. The van der Waals surface area contributed by atoms with E-state index in [4.69, 9.17) is 5.73 Å². The molecule has 0 spiro atoms. The SMILES string of the molecule is CCC(C)(C)[C@@H]1CCc2c(sc(NC(=O)C(C)(C)C)c2C(N)=O)C1. The summed E-state index contributed by atoms with van der Waals surface area (Å²) in [6, 6.07) is 0. The molecule has 0 saturated heterocycles. The Hall–Kier alpha value is -1.36. The number of carbonyl (C=O) groups is 2. The maximum Gasteiger partial charge on any atom is 0.251 e. The van der Waals surface area contributed by atoms with Crippen molar-refractivity contribution in [3.05, 3.63) is 16.0 Å². The zero-order valence-corrected chi connectivity index (χ0v) is 16.5. The molecule has 1 aromatic heterocycles. The van der Waals surface area contributed by atoms with Gasteiger partial charge in [0.25, 0.3) is 5.91 Å². The van der Waals surface area contributed by atoms with Crippen LogP contribution in [0.4, 0.5) is 5.00 Å². The summed E-state index contributed by atoms with van der Waals surface area (Å²) in [4.78, 5) is 25.5. The van der Waals surface area contributed by atoms with Crippen LogP contribution < -0.4 is 11.1 Å². The van der Waals surface area contributed by atoms with Crippen molar-refractivity contribution < 1.29 is 9.59 Å². The number of hydrogen-bond acceptors (Lipinski definition) is 3. The molecular formula is C19H30N2O2S. The topological polar surface area (TPSA) is 72.2 Å². The van der Waals surface area contributed by atoms with Gasteiger partial charge in [-0.15, -0.1) is 11.3 Å². The van der Waals surface area contributed by atoms with Gasteiger partial charge in [0.1, 0.15) is 5.00 Å². The molecule has 2 rings (SSSR count). The third-order valence-electron chi connectivity index (χ3n) is 5.44. The first-order chi connectivity index (χ1) is 11.0. The Bertz CT molecular complexity index is 653. The Labute approximate surface area is 149 Å². The molecular weight excluding hydrogens is 320 g/mol. The predicted molar refractivity (Wildman–Crippen MR) is 101 cm³/mol. The normalized spacial score (nSPS) is 18.2. The molecule has 1 aromatic rings. The van der Waals surface area contributed by atoms with Crippen LogP contribution in [-0.4, -0.2) is 11.8 Å². The van der Waals surface area contributed by atoms with Crippen molar-refractivity contribution in [1.29, 1.82) is 0 Å². The molecule has 0 aromatic carbocycles. The summed E-state index contributed by atoms with van der Waals surface area (Å²) in [6.07, 6.45) is 4.03. The first-order valence-corrected chi connectivity index (χ1v) is 9.54. The maximum absolute atomic E-state index is 12.3. The third kappa shape index (κ3) is 3.66. The molecule has 4 nitrogen and oxygen atoms in total. The minimum atomic E-state index is -0.508. The van der Waals surface area contributed by atoms with Gasteiger partial charge in [0, 0.05) is 10.3 Å². The van der Waals surface area contributed by atoms with Gasteiger partial charge in [-0.3, -0.25) is 9.59 Å². The van der Waals surface area contributed by atoms with E-state index >= 15 is 0 Å². The molecule has 0 fully saturated rings. The first kappa shape index (κ1) is 19.0. The van der Waals surface area contributed by atoms with Crippen molar-refractivity contribution in [2.45, 2.75) is 67.2 Å². The molecule has 1 aliphatic carbocycles. The zero-order valence-electron chi connectivity index (χ0n) is 15.7. The van der Waals surface area contributed by atoms with Crippen LogP contribution in [0.25, 0.3) is 0 Å². The summed E-state index contributed by atoms with van der Waals surface area (Å²) >= 11 is 1.53. The molecule has 134 valence electrons. The maximum atomic E-state index is 12.3. The molecule has 5 heteroatoms. The van der Waals surface area contributed by atoms with Crippen molar-refractivity contribution >= 4 is 28.2 Å². The van der Waals surface area contributed by atoms with E-state index < -0.39 is 11.3 Å². The Morgan fingerprint density at radius 3 is 2.38 bits per heavy atom. The molecule has 3 N–H and O–H groups in total. The smallest absolute Gasteiger partial charge is 0.251 e. The van der Waals surface area contributed by atoms with Crippen LogP contribution in [0, 0.1) is 16.7 Å². The molecule has 0 bridgehead atoms. The lowest BCUT2D eigenvalue weighted by Crippen LogP contribution is -2.29. The largest absolute Gasteiger partial charge is 0.365 e. The second-order valence-corrected chi connectivity index (χ2v) is 9.66. The second-order valence-electron chi connectivity index (χ2n) is 8.56. The Morgan fingerprint density at radius 2 is 1.88 bits per heavy atom. The van der Waals surface area contributed by atoms with Gasteiger partial charge < -0.3 is 11.1 Å². The van der Waals surface area contributed by atoms with E-state index in [0.717, 1.165) is 31.2 Å². The van der Waals surface area contributed by atoms with E-state index in [0.29, 0.717) is 16.5 Å². The van der Waals surface area contributed by atoms with Crippen LogP contribution in [0.5, 0.6) is 0 Å². The standard InChI is InChI=1S/C19H30N2O2S/c1-7-19(5,6)11-8-9-12-13(10-11)24-16(14(12)15(20)22)21-17(23)18(2,3)4/h11H,7-10H2,1-6H3,(H2,20,22)(H,21,23)/t11-/m1/s1. The zero-order chi connectivity index (χ0) is 18.3. The summed E-state index contributed by atoms with van der Waals surface area (Å²) in [6.45, 7) is 12.4. The molecule has 0 saturated carbocycles. The number of hydrogen-bond donors (Lipinski definition) is 2. The van der Waals surface area contributed by atoms with Crippen LogP contribution in [-0.2, 0) is 17.6 Å². The van der Waals surface area contributed by atoms with Crippen LogP contribution in [0.1, 0.15) is 75.2 Å². The monoisotopic (exact) mass is 350 g/mol. The van der Waals surface area contributed by atoms with Crippen molar-refractivity contribution in [3.63, 3.8) is 0 Å². The van der Waals surface area contributed by atoms with Gasteiger partial charge in [0.15, 0.2) is 0 Å². The average molecular weight is 351 g/mol. The van der Waals surface area contributed by atoms with E-state index in [1.165, 1.54) is 16.2 Å². The fourth-order valence-electron chi connectivity index (χ4n) is 3.18. The van der Waals surface area contributed by atoms with E-state index in [1.807, 2.05) is 20.8 Å². The lowest BCUT2D eigenvalue weighted by molar-refractivity contribution is -0.123. The number of nitrogens with two attached hydrogens (primary N) is 1. The summed E-state index contributed by atoms with van der Waals surface area (Å²) in [5, 5.41) is 3.56. The van der Waals surface area contributed by atoms with Crippen molar-refractivity contribution in [2.75, 3.05) is 5.32 Å². The Balaban J connectivity index is 2.36. The van der Waals surface area contributed by atoms with E-state index in [1.54, 1.807) is 0 Å². The van der Waals surface area contributed by atoms with Crippen LogP contribution in [0.2, 0.25) is 0 Å².